The van der Waals surface area contributed by atoms with Crippen molar-refractivity contribution in [3.63, 3.8) is 0 Å². The van der Waals surface area contributed by atoms with Gasteiger partial charge >= 0.3 is 0 Å². The van der Waals surface area contributed by atoms with Gasteiger partial charge in [-0.25, -0.2) is 0 Å². The first-order valence-electron chi connectivity index (χ1n) is 8.35. The monoisotopic (exact) mass is 322 g/mol. The van der Waals surface area contributed by atoms with E-state index >= 15 is 0 Å². The standard InChI is InChI=1S/C15H26N6O2/c1-23-9-8-20-5-2-12(10-20)14(22)21-6-3-11(4-7-21)13-17-15(16)19-18-13/h11-12H,2-10H2,1H3,(H3,16,17,18,19). The SMILES string of the molecule is COCCN1CCC(C(=O)N2CCC(c3nc(N)n[nH]3)CC2)C1. The van der Waals surface area contributed by atoms with E-state index in [-0.39, 0.29) is 5.92 Å². The van der Waals surface area contributed by atoms with E-state index in [0.717, 1.165) is 64.4 Å². The summed E-state index contributed by atoms with van der Waals surface area (Å²) in [5.41, 5.74) is 5.56. The van der Waals surface area contributed by atoms with Crippen molar-refractivity contribution in [1.29, 1.82) is 0 Å². The minimum atomic E-state index is 0.143. The molecule has 2 saturated heterocycles. The summed E-state index contributed by atoms with van der Waals surface area (Å²) in [5, 5.41) is 6.78. The fourth-order valence-corrected chi connectivity index (χ4v) is 3.56. The van der Waals surface area contributed by atoms with Crippen molar-refractivity contribution in [2.24, 2.45) is 5.92 Å². The quantitative estimate of drug-likeness (QED) is 0.795. The first-order chi connectivity index (χ1) is 11.2. The third kappa shape index (κ3) is 3.81. The summed E-state index contributed by atoms with van der Waals surface area (Å²) in [5.74, 6) is 1.91. The molecule has 2 aliphatic rings. The van der Waals surface area contributed by atoms with Gasteiger partial charge in [0.2, 0.25) is 11.9 Å². The molecule has 0 aliphatic carbocycles. The number of ether oxygens (including phenoxy) is 1. The topological polar surface area (TPSA) is 100 Å². The molecule has 1 atom stereocenters. The van der Waals surface area contributed by atoms with Gasteiger partial charge in [0, 0.05) is 39.2 Å². The van der Waals surface area contributed by atoms with Crippen LogP contribution in [-0.2, 0) is 9.53 Å². The molecule has 3 heterocycles. The van der Waals surface area contributed by atoms with Gasteiger partial charge in [-0.05, 0) is 25.8 Å². The number of nitrogen functional groups attached to an aromatic ring is 1. The fraction of sp³-hybridized carbons (Fsp3) is 0.800. The Morgan fingerprint density at radius 1 is 1.35 bits per heavy atom. The number of aromatic nitrogens is 3. The Bertz CT molecular complexity index is 526. The predicted molar refractivity (Wildman–Crippen MR) is 85.8 cm³/mol. The van der Waals surface area contributed by atoms with Gasteiger partial charge in [-0.15, -0.1) is 5.10 Å². The number of piperidine rings is 1. The second kappa shape index (κ2) is 7.27. The Balaban J connectivity index is 1.47. The Hall–Kier alpha value is -1.67. The lowest BCUT2D eigenvalue weighted by Gasteiger charge is -2.32. The van der Waals surface area contributed by atoms with Crippen LogP contribution in [0.4, 0.5) is 5.95 Å². The minimum absolute atomic E-state index is 0.143. The van der Waals surface area contributed by atoms with E-state index < -0.39 is 0 Å². The lowest BCUT2D eigenvalue weighted by atomic mass is 9.95. The maximum absolute atomic E-state index is 12.7. The van der Waals surface area contributed by atoms with E-state index in [9.17, 15) is 4.79 Å². The Labute approximate surface area is 136 Å². The number of methoxy groups -OCH3 is 1. The third-order valence-corrected chi connectivity index (χ3v) is 4.95. The van der Waals surface area contributed by atoms with Crippen LogP contribution in [0.2, 0.25) is 0 Å². The zero-order chi connectivity index (χ0) is 16.2. The van der Waals surface area contributed by atoms with Crippen molar-refractivity contribution in [3.8, 4) is 0 Å². The Morgan fingerprint density at radius 3 is 2.78 bits per heavy atom. The maximum atomic E-state index is 12.7. The van der Waals surface area contributed by atoms with Gasteiger partial charge < -0.3 is 20.3 Å². The number of nitrogens with two attached hydrogens (primary N) is 1. The highest BCUT2D eigenvalue weighted by Crippen LogP contribution is 2.28. The lowest BCUT2D eigenvalue weighted by molar-refractivity contribution is -0.136. The first kappa shape index (κ1) is 16.2. The van der Waals surface area contributed by atoms with E-state index in [2.05, 4.69) is 20.1 Å². The first-order valence-corrected chi connectivity index (χ1v) is 8.35. The molecule has 8 heteroatoms. The van der Waals surface area contributed by atoms with Crippen molar-refractivity contribution in [3.05, 3.63) is 5.82 Å². The van der Waals surface area contributed by atoms with Gasteiger partial charge in [-0.3, -0.25) is 9.89 Å². The van der Waals surface area contributed by atoms with E-state index in [1.165, 1.54) is 0 Å². The normalized spacial score (nSPS) is 23.5. The summed E-state index contributed by atoms with van der Waals surface area (Å²) in [6.45, 7) is 5.08. The number of nitrogens with one attached hydrogen (secondary N) is 1. The molecule has 2 aliphatic heterocycles. The van der Waals surface area contributed by atoms with Crippen molar-refractivity contribution in [2.75, 3.05) is 52.2 Å². The highest BCUT2D eigenvalue weighted by atomic mass is 16.5. The zero-order valence-electron chi connectivity index (χ0n) is 13.7. The molecular weight excluding hydrogens is 296 g/mol. The van der Waals surface area contributed by atoms with Crippen LogP contribution < -0.4 is 5.73 Å². The molecule has 1 unspecified atom stereocenters. The van der Waals surface area contributed by atoms with E-state index in [0.29, 0.717) is 17.8 Å². The van der Waals surface area contributed by atoms with Gasteiger partial charge in [0.25, 0.3) is 0 Å². The summed E-state index contributed by atoms with van der Waals surface area (Å²) in [4.78, 5) is 21.2. The Kier molecular flexibility index (Phi) is 5.12. The Morgan fingerprint density at radius 2 is 2.13 bits per heavy atom. The van der Waals surface area contributed by atoms with Gasteiger partial charge in [-0.2, -0.15) is 4.98 Å². The molecule has 1 amide bonds. The molecule has 0 aromatic carbocycles. The van der Waals surface area contributed by atoms with Crippen LogP contribution in [0.15, 0.2) is 0 Å². The fourth-order valence-electron chi connectivity index (χ4n) is 3.56. The smallest absolute Gasteiger partial charge is 0.239 e. The number of aromatic amines is 1. The molecular formula is C15H26N6O2. The second-order valence-electron chi connectivity index (χ2n) is 6.46. The molecule has 8 nitrogen and oxygen atoms in total. The largest absolute Gasteiger partial charge is 0.383 e. The molecule has 23 heavy (non-hydrogen) atoms. The van der Waals surface area contributed by atoms with Gasteiger partial charge in [0.05, 0.1) is 12.5 Å². The van der Waals surface area contributed by atoms with Crippen molar-refractivity contribution < 1.29 is 9.53 Å². The second-order valence-corrected chi connectivity index (χ2v) is 6.46. The molecule has 1 aromatic rings. The van der Waals surface area contributed by atoms with Gasteiger partial charge in [-0.1, -0.05) is 0 Å². The van der Waals surface area contributed by atoms with Crippen LogP contribution >= 0.6 is 0 Å². The van der Waals surface area contributed by atoms with Crippen LogP contribution in [-0.4, -0.2) is 77.3 Å². The summed E-state index contributed by atoms with van der Waals surface area (Å²) >= 11 is 0. The summed E-state index contributed by atoms with van der Waals surface area (Å²) < 4.78 is 5.11. The highest BCUT2D eigenvalue weighted by Gasteiger charge is 2.33. The number of likely N-dealkylation sites (tertiary alicyclic amines) is 2. The molecule has 1 aromatic heterocycles. The van der Waals surface area contributed by atoms with Crippen molar-refractivity contribution >= 4 is 11.9 Å². The average molecular weight is 322 g/mol. The van der Waals surface area contributed by atoms with Gasteiger partial charge in [0.1, 0.15) is 5.82 Å². The lowest BCUT2D eigenvalue weighted by Crippen LogP contribution is -2.42. The molecule has 0 spiro atoms. The zero-order valence-corrected chi connectivity index (χ0v) is 13.7. The third-order valence-electron chi connectivity index (χ3n) is 4.95. The van der Waals surface area contributed by atoms with E-state index in [1.807, 2.05) is 4.90 Å². The van der Waals surface area contributed by atoms with Crippen LogP contribution in [0.1, 0.15) is 31.0 Å². The predicted octanol–water partition coefficient (Wildman–Crippen LogP) is 0.0612. The molecule has 128 valence electrons. The van der Waals surface area contributed by atoms with Crippen LogP contribution in [0.5, 0.6) is 0 Å². The summed E-state index contributed by atoms with van der Waals surface area (Å²) in [7, 11) is 1.71. The summed E-state index contributed by atoms with van der Waals surface area (Å²) in [6, 6.07) is 0. The van der Waals surface area contributed by atoms with Crippen LogP contribution in [0.3, 0.4) is 0 Å². The molecule has 0 saturated carbocycles. The minimum Gasteiger partial charge on any atom is -0.383 e. The number of amides is 1. The van der Waals surface area contributed by atoms with Gasteiger partial charge in [0.15, 0.2) is 0 Å². The molecule has 0 radical (unpaired) electrons. The number of rotatable bonds is 5. The van der Waals surface area contributed by atoms with Crippen molar-refractivity contribution in [2.45, 2.75) is 25.2 Å². The number of carbonyl (C=O) groups excluding carboxylic acids is 1. The van der Waals surface area contributed by atoms with E-state index in [1.54, 1.807) is 7.11 Å². The molecule has 0 bridgehead atoms. The maximum Gasteiger partial charge on any atom is 0.239 e. The number of carbonyl (C=O) groups is 1. The number of nitrogens with zero attached hydrogens (tertiary/aromatic N) is 4. The van der Waals surface area contributed by atoms with Crippen LogP contribution in [0, 0.1) is 5.92 Å². The summed E-state index contributed by atoms with van der Waals surface area (Å²) in [6.07, 6.45) is 2.79. The highest BCUT2D eigenvalue weighted by molar-refractivity contribution is 5.79. The van der Waals surface area contributed by atoms with Crippen LogP contribution in [0.25, 0.3) is 0 Å². The number of anilines is 1. The molecule has 3 rings (SSSR count). The molecule has 2 fully saturated rings. The average Bonchev–Trinajstić information content (AvgIpc) is 3.21. The van der Waals surface area contributed by atoms with Crippen molar-refractivity contribution in [1.82, 2.24) is 25.0 Å². The molecule has 3 N–H and O–H groups in total. The number of hydrogen-bond donors (Lipinski definition) is 2. The van der Waals surface area contributed by atoms with E-state index in [4.69, 9.17) is 10.5 Å². The number of hydrogen-bond acceptors (Lipinski definition) is 6. The number of H-pyrrole nitrogens is 1.